The molecule has 0 saturated carbocycles. The smallest absolute Gasteiger partial charge is 0.190 e. The summed E-state index contributed by atoms with van der Waals surface area (Å²) in [6.07, 6.45) is 3.37. The van der Waals surface area contributed by atoms with Crippen LogP contribution in [-0.4, -0.2) is 51.0 Å². The molecular weight excluding hydrogens is 343 g/mol. The van der Waals surface area contributed by atoms with E-state index in [1.807, 2.05) is 6.20 Å². The van der Waals surface area contributed by atoms with E-state index in [2.05, 4.69) is 20.6 Å². The van der Waals surface area contributed by atoms with Gasteiger partial charge in [-0.2, -0.15) is 0 Å². The average molecular weight is 366 g/mol. The Morgan fingerprint density at radius 3 is 2.96 bits per heavy atom. The quantitative estimate of drug-likeness (QED) is 0.552. The zero-order valence-electron chi connectivity index (χ0n) is 14.2. The van der Waals surface area contributed by atoms with Gasteiger partial charge in [-0.15, -0.1) is 0 Å². The van der Waals surface area contributed by atoms with E-state index >= 15 is 0 Å². The molecule has 1 fully saturated rings. The average Bonchev–Trinajstić information content (AvgIpc) is 3.13. The number of nitrogens with zero attached hydrogens (tertiary/aromatic N) is 1. The first-order valence-electron chi connectivity index (χ1n) is 8.37. The van der Waals surface area contributed by atoms with Crippen LogP contribution < -0.4 is 10.6 Å². The lowest BCUT2D eigenvalue weighted by molar-refractivity contribution is 0.567. The van der Waals surface area contributed by atoms with Gasteiger partial charge in [0.25, 0.3) is 0 Å². The second-order valence-corrected chi connectivity index (χ2v) is 8.63. The highest BCUT2D eigenvalue weighted by Crippen LogP contribution is 2.19. The highest BCUT2D eigenvalue weighted by molar-refractivity contribution is 7.91. The normalized spacial score (nSPS) is 20.1. The minimum absolute atomic E-state index is 0.145. The molecule has 0 radical (unpaired) electrons. The number of fused-ring (bicyclic) bond motifs is 1. The van der Waals surface area contributed by atoms with Gasteiger partial charge in [-0.25, -0.2) is 12.8 Å². The lowest BCUT2D eigenvalue weighted by Gasteiger charge is -2.14. The fourth-order valence-corrected chi connectivity index (χ4v) is 5.04. The first-order valence-corrected chi connectivity index (χ1v) is 10.2. The first-order chi connectivity index (χ1) is 12.0. The van der Waals surface area contributed by atoms with E-state index in [9.17, 15) is 12.8 Å². The molecule has 1 aliphatic heterocycles. The van der Waals surface area contributed by atoms with Crippen LogP contribution in [0.2, 0.25) is 0 Å². The summed E-state index contributed by atoms with van der Waals surface area (Å²) in [6.45, 7) is 1.28. The molecule has 136 valence electrons. The largest absolute Gasteiger partial charge is 0.361 e. The summed E-state index contributed by atoms with van der Waals surface area (Å²) >= 11 is 0. The first kappa shape index (κ1) is 17.7. The zero-order valence-corrected chi connectivity index (χ0v) is 15.0. The molecule has 1 aliphatic rings. The Hall–Kier alpha value is -2.09. The maximum atomic E-state index is 13.2. The van der Waals surface area contributed by atoms with Crippen LogP contribution in [0.1, 0.15) is 12.0 Å². The third kappa shape index (κ3) is 4.50. The Labute approximate surface area is 146 Å². The maximum Gasteiger partial charge on any atom is 0.190 e. The summed E-state index contributed by atoms with van der Waals surface area (Å²) in [5, 5.41) is 7.44. The molecule has 0 bridgehead atoms. The lowest BCUT2D eigenvalue weighted by Crippen LogP contribution is -2.40. The standard InChI is InChI=1S/C17H23FN4O2S/c1-19-17(22-9-12-5-7-25(23,24)11-12)20-6-4-13-10-21-16-8-14(18)2-3-15(13)16/h2-3,8,10,12,21H,4-7,9,11H2,1H3,(H2,19,20,22). The van der Waals surface area contributed by atoms with Gasteiger partial charge in [-0.05, 0) is 42.5 Å². The minimum atomic E-state index is -2.85. The van der Waals surface area contributed by atoms with Crippen LogP contribution in [0.15, 0.2) is 29.4 Å². The van der Waals surface area contributed by atoms with Crippen molar-refractivity contribution in [1.82, 2.24) is 15.6 Å². The van der Waals surface area contributed by atoms with Crippen LogP contribution in [0.25, 0.3) is 10.9 Å². The van der Waals surface area contributed by atoms with E-state index in [1.54, 1.807) is 13.1 Å². The molecule has 3 rings (SSSR count). The number of sulfone groups is 1. The third-order valence-corrected chi connectivity index (χ3v) is 6.36. The van der Waals surface area contributed by atoms with Gasteiger partial charge in [-0.1, -0.05) is 0 Å². The lowest BCUT2D eigenvalue weighted by atomic mass is 10.1. The minimum Gasteiger partial charge on any atom is -0.361 e. The van der Waals surface area contributed by atoms with Crippen molar-refractivity contribution in [3.05, 3.63) is 35.8 Å². The SMILES string of the molecule is CN=C(NCCc1c[nH]c2cc(F)ccc12)NCC1CCS(=O)(=O)C1. The van der Waals surface area contributed by atoms with Crippen LogP contribution in [0.3, 0.4) is 0 Å². The molecular formula is C17H23FN4O2S. The van der Waals surface area contributed by atoms with E-state index < -0.39 is 9.84 Å². The molecule has 0 spiro atoms. The van der Waals surface area contributed by atoms with Crippen LogP contribution in [0.4, 0.5) is 4.39 Å². The van der Waals surface area contributed by atoms with Gasteiger partial charge >= 0.3 is 0 Å². The number of rotatable bonds is 5. The van der Waals surface area contributed by atoms with Gasteiger partial charge < -0.3 is 15.6 Å². The second kappa shape index (κ2) is 7.43. The number of nitrogens with one attached hydrogen (secondary N) is 3. The van der Waals surface area contributed by atoms with Gasteiger partial charge in [0.05, 0.1) is 11.5 Å². The summed E-state index contributed by atoms with van der Waals surface area (Å²) in [7, 11) is -1.16. The molecule has 3 N–H and O–H groups in total. The van der Waals surface area contributed by atoms with Crippen molar-refractivity contribution >= 4 is 26.7 Å². The molecule has 2 aromatic rings. The predicted octanol–water partition coefficient (Wildman–Crippen LogP) is 1.45. The van der Waals surface area contributed by atoms with Crippen LogP contribution >= 0.6 is 0 Å². The summed E-state index contributed by atoms with van der Waals surface area (Å²) < 4.78 is 36.2. The van der Waals surface area contributed by atoms with Crippen LogP contribution in [0.5, 0.6) is 0 Å². The number of hydrogen-bond acceptors (Lipinski definition) is 3. The summed E-state index contributed by atoms with van der Waals surface area (Å²) in [5.41, 5.74) is 1.90. The number of aromatic nitrogens is 1. The summed E-state index contributed by atoms with van der Waals surface area (Å²) in [4.78, 5) is 7.25. The molecule has 25 heavy (non-hydrogen) atoms. The number of hydrogen-bond donors (Lipinski definition) is 3. The monoisotopic (exact) mass is 366 g/mol. The predicted molar refractivity (Wildman–Crippen MR) is 98.1 cm³/mol. The number of benzene rings is 1. The van der Waals surface area contributed by atoms with Gasteiger partial charge in [0.2, 0.25) is 0 Å². The Kier molecular flexibility index (Phi) is 5.27. The van der Waals surface area contributed by atoms with Gasteiger partial charge in [-0.3, -0.25) is 4.99 Å². The Balaban J connectivity index is 1.48. The van der Waals surface area contributed by atoms with Crippen molar-refractivity contribution in [1.29, 1.82) is 0 Å². The molecule has 1 aromatic carbocycles. The molecule has 1 unspecified atom stereocenters. The van der Waals surface area contributed by atoms with Gasteiger partial charge in [0.15, 0.2) is 15.8 Å². The molecule has 1 atom stereocenters. The van der Waals surface area contributed by atoms with E-state index in [-0.39, 0.29) is 23.2 Å². The number of H-pyrrole nitrogens is 1. The van der Waals surface area contributed by atoms with Crippen LogP contribution in [-0.2, 0) is 16.3 Å². The van der Waals surface area contributed by atoms with E-state index in [0.717, 1.165) is 22.9 Å². The fourth-order valence-electron chi connectivity index (χ4n) is 3.18. The van der Waals surface area contributed by atoms with Crippen molar-refractivity contribution in [3.8, 4) is 0 Å². The van der Waals surface area contributed by atoms with Gasteiger partial charge in [0.1, 0.15) is 5.82 Å². The highest BCUT2D eigenvalue weighted by atomic mass is 32.2. The number of aliphatic imine (C=N–C) groups is 1. The maximum absolute atomic E-state index is 13.2. The summed E-state index contributed by atoms with van der Waals surface area (Å²) in [5.74, 6) is 1.09. The summed E-state index contributed by atoms with van der Waals surface area (Å²) in [6, 6.07) is 4.73. The van der Waals surface area contributed by atoms with Gasteiger partial charge in [0, 0.05) is 37.2 Å². The topological polar surface area (TPSA) is 86.3 Å². The molecule has 1 saturated heterocycles. The molecule has 1 aromatic heterocycles. The zero-order chi connectivity index (χ0) is 17.9. The molecule has 6 nitrogen and oxygen atoms in total. The molecule has 2 heterocycles. The van der Waals surface area contributed by atoms with Crippen LogP contribution in [0, 0.1) is 11.7 Å². The third-order valence-electron chi connectivity index (χ3n) is 4.52. The number of guanidine groups is 1. The van der Waals surface area contributed by atoms with Crippen molar-refractivity contribution in [2.24, 2.45) is 10.9 Å². The second-order valence-electron chi connectivity index (χ2n) is 6.40. The van der Waals surface area contributed by atoms with E-state index in [1.165, 1.54) is 12.1 Å². The molecule has 0 amide bonds. The highest BCUT2D eigenvalue weighted by Gasteiger charge is 2.27. The Bertz CT molecular complexity index is 876. The van der Waals surface area contributed by atoms with Crippen molar-refractivity contribution in [3.63, 3.8) is 0 Å². The number of aromatic amines is 1. The molecule has 0 aliphatic carbocycles. The Morgan fingerprint density at radius 2 is 2.24 bits per heavy atom. The van der Waals surface area contributed by atoms with E-state index in [0.29, 0.717) is 25.5 Å². The fraction of sp³-hybridized carbons (Fsp3) is 0.471. The Morgan fingerprint density at radius 1 is 1.40 bits per heavy atom. The van der Waals surface area contributed by atoms with Crippen molar-refractivity contribution < 1.29 is 12.8 Å². The van der Waals surface area contributed by atoms with Crippen molar-refractivity contribution in [2.75, 3.05) is 31.6 Å². The molecule has 8 heteroatoms. The number of halogens is 1. The van der Waals surface area contributed by atoms with E-state index in [4.69, 9.17) is 0 Å². The van der Waals surface area contributed by atoms with Crippen molar-refractivity contribution in [2.45, 2.75) is 12.8 Å².